The molecule has 0 aromatic heterocycles. The molecule has 6 heteroatoms. The van der Waals surface area contributed by atoms with Crippen LogP contribution in [0.4, 0.5) is 0 Å². The number of rotatable bonds is 6. The lowest BCUT2D eigenvalue weighted by Crippen LogP contribution is -2.46. The Morgan fingerprint density at radius 3 is 2.46 bits per heavy atom. The van der Waals surface area contributed by atoms with Gasteiger partial charge >= 0.3 is 8.56 Å². The van der Waals surface area contributed by atoms with Crippen molar-refractivity contribution < 1.29 is 13.6 Å². The molecule has 74 valence electrons. The lowest BCUT2D eigenvalue weighted by molar-refractivity contribution is 0.258. The Morgan fingerprint density at radius 1 is 1.62 bits per heavy atom. The highest BCUT2D eigenvalue weighted by Crippen LogP contribution is 2.16. The summed E-state index contributed by atoms with van der Waals surface area (Å²) in [6.45, 7) is 3.89. The molecule has 0 spiro atoms. The number of aliphatic imine (C=N–C) groups is 1. The standard InChI is InChI=1S/C7H12ClNO3Si/c1-7(4-9-6-10)13(5-8,11-2)12-3/h1,4-5H2,2-3H3. The molecule has 0 heterocycles. The Labute approximate surface area is 83.5 Å². The van der Waals surface area contributed by atoms with Crippen molar-refractivity contribution in [3.63, 3.8) is 0 Å². The van der Waals surface area contributed by atoms with E-state index in [0.717, 1.165) is 0 Å². The molecule has 4 nitrogen and oxygen atoms in total. The quantitative estimate of drug-likeness (QED) is 0.290. The third-order valence-electron chi connectivity index (χ3n) is 1.71. The van der Waals surface area contributed by atoms with Crippen LogP contribution in [0.1, 0.15) is 0 Å². The third kappa shape index (κ3) is 3.06. The van der Waals surface area contributed by atoms with Crippen LogP contribution in [0.25, 0.3) is 0 Å². The molecule has 0 amide bonds. The summed E-state index contributed by atoms with van der Waals surface area (Å²) < 4.78 is 10.4. The number of alkyl halides is 1. The second-order valence-electron chi connectivity index (χ2n) is 2.31. The van der Waals surface area contributed by atoms with E-state index in [2.05, 4.69) is 11.6 Å². The summed E-state index contributed by atoms with van der Waals surface area (Å²) in [7, 11) is 0.456. The largest absolute Gasteiger partial charge is 0.394 e. The molecule has 13 heavy (non-hydrogen) atoms. The Hall–Kier alpha value is -0.453. The van der Waals surface area contributed by atoms with E-state index in [-0.39, 0.29) is 12.0 Å². The van der Waals surface area contributed by atoms with Crippen LogP contribution >= 0.6 is 11.6 Å². The molecule has 0 aliphatic carbocycles. The van der Waals surface area contributed by atoms with E-state index in [4.69, 9.17) is 20.5 Å². The van der Waals surface area contributed by atoms with Crippen LogP contribution < -0.4 is 0 Å². The summed E-state index contributed by atoms with van der Waals surface area (Å²) >= 11 is 5.71. The lowest BCUT2D eigenvalue weighted by atomic mass is 10.6. The molecule has 0 fully saturated rings. The first-order valence-electron chi connectivity index (χ1n) is 3.55. The van der Waals surface area contributed by atoms with Crippen molar-refractivity contribution in [2.45, 2.75) is 0 Å². The monoisotopic (exact) mass is 221 g/mol. The third-order valence-corrected chi connectivity index (χ3v) is 5.67. The smallest absolute Gasteiger partial charge is 0.384 e. The molecule has 0 aliphatic heterocycles. The summed E-state index contributed by atoms with van der Waals surface area (Å²) in [5, 5.41) is 0.621. The van der Waals surface area contributed by atoms with E-state index in [1.165, 1.54) is 20.3 Å². The van der Waals surface area contributed by atoms with Gasteiger partial charge in [-0.25, -0.2) is 9.79 Å². The van der Waals surface area contributed by atoms with Crippen molar-refractivity contribution in [3.8, 4) is 0 Å². The molecule has 0 saturated heterocycles. The first kappa shape index (κ1) is 12.5. The van der Waals surface area contributed by atoms with Crippen molar-refractivity contribution >= 4 is 26.2 Å². The molecule has 0 aliphatic rings. The molecule has 0 N–H and O–H groups in total. The molecule has 0 aromatic rings. The van der Waals surface area contributed by atoms with E-state index >= 15 is 0 Å². The minimum absolute atomic E-state index is 0.157. The number of carbonyl (C=O) groups excluding carboxylic acids is 1. The molecule has 0 unspecified atom stereocenters. The van der Waals surface area contributed by atoms with Gasteiger partial charge in [0.1, 0.15) is 0 Å². The Bertz CT molecular complexity index is 216. The van der Waals surface area contributed by atoms with Crippen molar-refractivity contribution in [3.05, 3.63) is 11.8 Å². The minimum atomic E-state index is -2.56. The van der Waals surface area contributed by atoms with Gasteiger partial charge in [0.05, 0.1) is 12.0 Å². The zero-order valence-electron chi connectivity index (χ0n) is 7.67. The number of isocyanates is 1. The zero-order valence-corrected chi connectivity index (χ0v) is 9.43. The molecular formula is C7H12ClNO3Si. The molecule has 0 atom stereocenters. The van der Waals surface area contributed by atoms with Gasteiger partial charge in [0.15, 0.2) is 0 Å². The van der Waals surface area contributed by atoms with Gasteiger partial charge in [-0.15, -0.1) is 11.6 Å². The molecule has 0 aromatic carbocycles. The molecule has 0 bridgehead atoms. The van der Waals surface area contributed by atoms with E-state index in [0.29, 0.717) is 5.20 Å². The van der Waals surface area contributed by atoms with Crippen molar-refractivity contribution in [2.75, 3.05) is 26.3 Å². The summed E-state index contributed by atoms with van der Waals surface area (Å²) in [4.78, 5) is 13.3. The molecular weight excluding hydrogens is 210 g/mol. The number of hydrogen-bond acceptors (Lipinski definition) is 4. The topological polar surface area (TPSA) is 47.9 Å². The van der Waals surface area contributed by atoms with Crippen LogP contribution in [0, 0.1) is 0 Å². The Kier molecular flexibility index (Phi) is 5.86. The zero-order chi connectivity index (χ0) is 10.3. The molecule has 0 rings (SSSR count). The predicted octanol–water partition coefficient (Wildman–Crippen LogP) is 0.931. The van der Waals surface area contributed by atoms with Gasteiger partial charge in [-0.2, -0.15) is 0 Å². The number of nitrogens with zero attached hydrogens (tertiary/aromatic N) is 1. The van der Waals surface area contributed by atoms with E-state index in [9.17, 15) is 4.79 Å². The van der Waals surface area contributed by atoms with E-state index in [1.807, 2.05) is 0 Å². The highest BCUT2D eigenvalue weighted by molar-refractivity contribution is 6.80. The fourth-order valence-electron chi connectivity index (χ4n) is 0.824. The maximum absolute atomic E-state index is 9.87. The van der Waals surface area contributed by atoms with Gasteiger partial charge in [-0.05, 0) is 5.20 Å². The van der Waals surface area contributed by atoms with Crippen LogP contribution in [0.2, 0.25) is 0 Å². The average molecular weight is 222 g/mol. The highest BCUT2D eigenvalue weighted by Gasteiger charge is 2.38. The number of halogens is 1. The van der Waals surface area contributed by atoms with Gasteiger partial charge in [0.2, 0.25) is 6.08 Å². The second kappa shape index (κ2) is 6.07. The maximum atomic E-state index is 9.87. The van der Waals surface area contributed by atoms with Crippen LogP contribution in [0.15, 0.2) is 16.8 Å². The molecule has 0 radical (unpaired) electrons. The van der Waals surface area contributed by atoms with Crippen LogP contribution in [-0.2, 0) is 13.6 Å². The number of hydrogen-bond donors (Lipinski definition) is 0. The Morgan fingerprint density at radius 2 is 2.15 bits per heavy atom. The van der Waals surface area contributed by atoms with E-state index in [1.54, 1.807) is 0 Å². The highest BCUT2D eigenvalue weighted by atomic mass is 35.5. The van der Waals surface area contributed by atoms with Crippen molar-refractivity contribution in [1.29, 1.82) is 0 Å². The van der Waals surface area contributed by atoms with Crippen LogP contribution in [0.5, 0.6) is 0 Å². The SMILES string of the molecule is C=C(CN=C=O)[Si](CCl)(OC)OC. The summed E-state index contributed by atoms with van der Waals surface area (Å²) in [6, 6.07) is 0. The Balaban J connectivity index is 4.52. The minimum Gasteiger partial charge on any atom is -0.394 e. The first-order valence-corrected chi connectivity index (χ1v) is 6.10. The van der Waals surface area contributed by atoms with Crippen molar-refractivity contribution in [2.24, 2.45) is 4.99 Å². The fraction of sp³-hybridized carbons (Fsp3) is 0.571. The van der Waals surface area contributed by atoms with Crippen LogP contribution in [-0.4, -0.2) is 40.9 Å². The summed E-state index contributed by atoms with van der Waals surface area (Å²) in [5.74, 6) is 0. The maximum Gasteiger partial charge on any atom is 0.384 e. The summed E-state index contributed by atoms with van der Waals surface area (Å²) in [6.07, 6.45) is 1.43. The second-order valence-corrected chi connectivity index (χ2v) is 6.40. The van der Waals surface area contributed by atoms with E-state index < -0.39 is 8.56 Å². The van der Waals surface area contributed by atoms with Crippen molar-refractivity contribution in [1.82, 2.24) is 0 Å². The molecule has 0 saturated carbocycles. The van der Waals surface area contributed by atoms with Gasteiger partial charge in [-0.3, -0.25) is 0 Å². The summed E-state index contributed by atoms with van der Waals surface area (Å²) in [5.41, 5.74) is 0.229. The van der Waals surface area contributed by atoms with Gasteiger partial charge in [0, 0.05) is 14.2 Å². The first-order chi connectivity index (χ1) is 6.16. The lowest BCUT2D eigenvalue weighted by Gasteiger charge is -2.25. The average Bonchev–Trinajstić information content (AvgIpc) is 2.18. The van der Waals surface area contributed by atoms with Gasteiger partial charge in [-0.1, -0.05) is 6.58 Å². The van der Waals surface area contributed by atoms with Crippen LogP contribution in [0.3, 0.4) is 0 Å². The normalized spacial score (nSPS) is 10.7. The fourth-order valence-corrected chi connectivity index (χ4v) is 3.52. The van der Waals surface area contributed by atoms with Gasteiger partial charge in [0.25, 0.3) is 0 Å². The van der Waals surface area contributed by atoms with Gasteiger partial charge < -0.3 is 8.85 Å². The predicted molar refractivity (Wildman–Crippen MR) is 52.6 cm³/mol.